The van der Waals surface area contributed by atoms with Gasteiger partial charge >= 0.3 is 6.03 Å². The number of rotatable bonds is 9. The molecule has 0 radical (unpaired) electrons. The molecule has 136 valence electrons. The van der Waals surface area contributed by atoms with Crippen molar-refractivity contribution in [2.24, 2.45) is 0 Å². The highest BCUT2D eigenvalue weighted by Crippen LogP contribution is 2.22. The van der Waals surface area contributed by atoms with Crippen LogP contribution in [0.25, 0.3) is 0 Å². The highest BCUT2D eigenvalue weighted by Gasteiger charge is 2.12. The molecule has 7 heteroatoms. The van der Waals surface area contributed by atoms with Crippen molar-refractivity contribution in [3.05, 3.63) is 45.6 Å². The Bertz CT molecular complexity index is 661. The van der Waals surface area contributed by atoms with Crippen LogP contribution in [0.3, 0.4) is 0 Å². The third kappa shape index (κ3) is 6.48. The number of hydrogen-bond acceptors (Lipinski definition) is 4. The number of urea groups is 1. The van der Waals surface area contributed by atoms with Crippen molar-refractivity contribution >= 4 is 29.0 Å². The normalized spacial score (nSPS) is 10.4. The fraction of sp³-hybridized carbons (Fsp3) is 0.389. The first-order valence-electron chi connectivity index (χ1n) is 8.16. The molecule has 0 aliphatic carbocycles. The summed E-state index contributed by atoms with van der Waals surface area (Å²) in [6.07, 6.45) is 0.736. The number of halogens is 1. The van der Waals surface area contributed by atoms with Gasteiger partial charge in [0.25, 0.3) is 0 Å². The third-order valence-corrected chi connectivity index (χ3v) is 4.79. The number of carbonyl (C=O) groups is 1. The van der Waals surface area contributed by atoms with E-state index in [2.05, 4.69) is 5.32 Å². The zero-order chi connectivity index (χ0) is 18.1. The predicted molar refractivity (Wildman–Crippen MR) is 102 cm³/mol. The Kier molecular flexibility index (Phi) is 7.88. The van der Waals surface area contributed by atoms with Gasteiger partial charge in [0.15, 0.2) is 0 Å². The molecule has 0 aliphatic heterocycles. The molecular formula is C18H23ClN2O3S. The monoisotopic (exact) mass is 382 g/mol. The number of carbonyl (C=O) groups excluding carboxylic acids is 1. The van der Waals surface area contributed by atoms with Crippen LogP contribution in [-0.2, 0) is 6.54 Å². The number of amides is 2. The zero-order valence-corrected chi connectivity index (χ0v) is 16.0. The lowest BCUT2D eigenvalue weighted by atomic mass is 10.3. The summed E-state index contributed by atoms with van der Waals surface area (Å²) in [4.78, 5) is 15.1. The maximum absolute atomic E-state index is 12.2. The fourth-order valence-corrected chi connectivity index (χ4v) is 3.30. The van der Waals surface area contributed by atoms with Crippen LogP contribution in [0.15, 0.2) is 36.4 Å². The van der Waals surface area contributed by atoms with Crippen LogP contribution in [-0.4, -0.2) is 37.7 Å². The quantitative estimate of drug-likeness (QED) is 0.653. The van der Waals surface area contributed by atoms with Crippen LogP contribution in [0.1, 0.15) is 18.2 Å². The van der Waals surface area contributed by atoms with Gasteiger partial charge in [-0.25, -0.2) is 4.79 Å². The maximum atomic E-state index is 12.2. The molecule has 1 N–H and O–H groups in total. The minimum Gasteiger partial charge on any atom is -0.497 e. The molecule has 0 spiro atoms. The average molecular weight is 383 g/mol. The lowest BCUT2D eigenvalue weighted by molar-refractivity contribution is 0.197. The fourth-order valence-electron chi connectivity index (χ4n) is 2.19. The Morgan fingerprint density at radius 3 is 2.52 bits per heavy atom. The highest BCUT2D eigenvalue weighted by molar-refractivity contribution is 7.16. The average Bonchev–Trinajstić information content (AvgIpc) is 3.04. The standard InChI is InChI=1S/C18H23ClN2O3S/c1-3-21(13-16-9-10-17(19)25-16)18(22)20-11-4-12-24-15-7-5-14(23-2)6-8-15/h5-10H,3-4,11-13H2,1-2H3,(H,20,22). The Hall–Kier alpha value is -1.92. The van der Waals surface area contributed by atoms with Gasteiger partial charge in [-0.3, -0.25) is 0 Å². The van der Waals surface area contributed by atoms with Crippen molar-refractivity contribution in [3.63, 3.8) is 0 Å². The van der Waals surface area contributed by atoms with Crippen LogP contribution in [0, 0.1) is 0 Å². The molecule has 0 atom stereocenters. The van der Waals surface area contributed by atoms with Crippen LogP contribution in [0.2, 0.25) is 4.34 Å². The van der Waals surface area contributed by atoms with E-state index in [1.54, 1.807) is 12.0 Å². The second kappa shape index (κ2) is 10.2. The largest absolute Gasteiger partial charge is 0.497 e. The van der Waals surface area contributed by atoms with Crippen molar-refractivity contribution < 1.29 is 14.3 Å². The van der Waals surface area contributed by atoms with Crippen molar-refractivity contribution in [1.29, 1.82) is 0 Å². The molecule has 2 rings (SSSR count). The molecule has 1 aromatic carbocycles. The molecule has 25 heavy (non-hydrogen) atoms. The second-order valence-corrected chi connectivity index (χ2v) is 7.13. The predicted octanol–water partition coefficient (Wildman–Crippen LogP) is 4.41. The number of hydrogen-bond donors (Lipinski definition) is 1. The van der Waals surface area contributed by atoms with E-state index in [-0.39, 0.29) is 6.03 Å². The van der Waals surface area contributed by atoms with E-state index in [0.717, 1.165) is 27.1 Å². The highest BCUT2D eigenvalue weighted by atomic mass is 35.5. The van der Waals surface area contributed by atoms with E-state index < -0.39 is 0 Å². The molecule has 1 heterocycles. The van der Waals surface area contributed by atoms with Gasteiger partial charge < -0.3 is 19.7 Å². The summed E-state index contributed by atoms with van der Waals surface area (Å²) in [5.41, 5.74) is 0. The maximum Gasteiger partial charge on any atom is 0.317 e. The van der Waals surface area contributed by atoms with Gasteiger partial charge in [-0.05, 0) is 49.7 Å². The molecular weight excluding hydrogens is 360 g/mol. The molecule has 5 nitrogen and oxygen atoms in total. The summed E-state index contributed by atoms with van der Waals surface area (Å²) in [6.45, 7) is 4.28. The molecule has 0 saturated heterocycles. The van der Waals surface area contributed by atoms with Gasteiger partial charge in [-0.15, -0.1) is 11.3 Å². The number of ether oxygens (including phenoxy) is 2. The smallest absolute Gasteiger partial charge is 0.317 e. The van der Waals surface area contributed by atoms with Gasteiger partial charge in [0.05, 0.1) is 24.6 Å². The number of benzene rings is 1. The number of methoxy groups -OCH3 is 1. The summed E-state index contributed by atoms with van der Waals surface area (Å²) in [6, 6.07) is 11.2. The van der Waals surface area contributed by atoms with E-state index >= 15 is 0 Å². The Morgan fingerprint density at radius 1 is 1.20 bits per heavy atom. The number of thiophene rings is 1. The van der Waals surface area contributed by atoms with Gasteiger partial charge in [-0.1, -0.05) is 11.6 Å². The topological polar surface area (TPSA) is 50.8 Å². The van der Waals surface area contributed by atoms with Gasteiger partial charge in [0, 0.05) is 18.0 Å². The second-order valence-electron chi connectivity index (χ2n) is 5.33. The molecule has 0 saturated carbocycles. The minimum atomic E-state index is -0.0727. The SMILES string of the molecule is CCN(Cc1ccc(Cl)s1)C(=O)NCCCOc1ccc(OC)cc1. The Balaban J connectivity index is 1.66. The van der Waals surface area contributed by atoms with E-state index in [1.807, 2.05) is 43.3 Å². The van der Waals surface area contributed by atoms with Crippen LogP contribution in [0.4, 0.5) is 4.79 Å². The lowest BCUT2D eigenvalue weighted by Crippen LogP contribution is -2.39. The van der Waals surface area contributed by atoms with Crippen molar-refractivity contribution in [3.8, 4) is 11.5 Å². The first-order valence-corrected chi connectivity index (χ1v) is 9.35. The first-order chi connectivity index (χ1) is 12.1. The molecule has 0 bridgehead atoms. The summed E-state index contributed by atoms with van der Waals surface area (Å²) < 4.78 is 11.5. The van der Waals surface area contributed by atoms with Crippen LogP contribution >= 0.6 is 22.9 Å². The van der Waals surface area contributed by atoms with E-state index in [4.69, 9.17) is 21.1 Å². The molecule has 0 unspecified atom stereocenters. The number of nitrogens with zero attached hydrogens (tertiary/aromatic N) is 1. The first kappa shape index (κ1) is 19.4. The van der Waals surface area contributed by atoms with Crippen molar-refractivity contribution in [2.45, 2.75) is 19.9 Å². The minimum absolute atomic E-state index is 0.0727. The van der Waals surface area contributed by atoms with Crippen LogP contribution < -0.4 is 14.8 Å². The van der Waals surface area contributed by atoms with Gasteiger partial charge in [-0.2, -0.15) is 0 Å². The Morgan fingerprint density at radius 2 is 1.92 bits per heavy atom. The molecule has 0 fully saturated rings. The summed E-state index contributed by atoms with van der Waals surface area (Å²) in [5, 5.41) is 2.92. The van der Waals surface area contributed by atoms with Crippen molar-refractivity contribution in [2.75, 3.05) is 26.8 Å². The summed E-state index contributed by atoms with van der Waals surface area (Å²) in [7, 11) is 1.63. The zero-order valence-electron chi connectivity index (χ0n) is 14.5. The van der Waals surface area contributed by atoms with Crippen LogP contribution in [0.5, 0.6) is 11.5 Å². The third-order valence-electron chi connectivity index (χ3n) is 3.57. The number of nitrogens with one attached hydrogen (secondary N) is 1. The molecule has 2 amide bonds. The summed E-state index contributed by atoms with van der Waals surface area (Å²) >= 11 is 7.43. The molecule has 0 aliphatic rings. The summed E-state index contributed by atoms with van der Waals surface area (Å²) in [5.74, 6) is 1.59. The molecule has 1 aromatic heterocycles. The van der Waals surface area contributed by atoms with Crippen molar-refractivity contribution in [1.82, 2.24) is 10.2 Å². The molecule has 2 aromatic rings. The Labute approximate surface area is 157 Å². The van der Waals surface area contributed by atoms with E-state index in [1.165, 1.54) is 11.3 Å². The lowest BCUT2D eigenvalue weighted by Gasteiger charge is -2.20. The van der Waals surface area contributed by atoms with Gasteiger partial charge in [0.1, 0.15) is 11.5 Å². The van der Waals surface area contributed by atoms with E-state index in [9.17, 15) is 4.79 Å². The van der Waals surface area contributed by atoms with E-state index in [0.29, 0.717) is 26.2 Å². The van der Waals surface area contributed by atoms with Gasteiger partial charge in [0.2, 0.25) is 0 Å².